The molecular weight excluding hydrogens is 458 g/mol. The quantitative estimate of drug-likeness (QED) is 0.150. The molecule has 3 rings (SSSR count). The van der Waals surface area contributed by atoms with E-state index in [0.717, 1.165) is 4.90 Å². The number of hydrogen-bond acceptors (Lipinski definition) is 8. The van der Waals surface area contributed by atoms with E-state index in [1.807, 2.05) is 0 Å². The van der Waals surface area contributed by atoms with Crippen molar-refractivity contribution in [1.82, 2.24) is 15.5 Å². The number of methoxy groups -OCH3 is 1. The SMILES string of the molecule is COc1cc(C(CC(=O)O)NC(=O)CN2C(=O)NC(C)(c3ccc(C=NN)cc3)C2=O)ccc1O. The average Bonchev–Trinajstić information content (AvgIpc) is 3.03. The highest BCUT2D eigenvalue weighted by Gasteiger charge is 2.49. The number of phenols is 1. The summed E-state index contributed by atoms with van der Waals surface area (Å²) in [5.74, 6) is 2.51. The zero-order valence-corrected chi connectivity index (χ0v) is 19.0. The van der Waals surface area contributed by atoms with Gasteiger partial charge >= 0.3 is 12.0 Å². The minimum Gasteiger partial charge on any atom is -0.504 e. The monoisotopic (exact) mass is 483 g/mol. The summed E-state index contributed by atoms with van der Waals surface area (Å²) in [6.07, 6.45) is 0.949. The van der Waals surface area contributed by atoms with Crippen molar-refractivity contribution in [2.45, 2.75) is 24.9 Å². The highest BCUT2D eigenvalue weighted by atomic mass is 16.5. The topological polar surface area (TPSA) is 184 Å². The number of aliphatic carboxylic acids is 1. The molecule has 2 aromatic carbocycles. The Bertz CT molecular complexity index is 1180. The van der Waals surface area contributed by atoms with E-state index in [4.69, 9.17) is 10.6 Å². The van der Waals surface area contributed by atoms with Gasteiger partial charge in [0, 0.05) is 0 Å². The van der Waals surface area contributed by atoms with Crippen LogP contribution < -0.4 is 21.2 Å². The lowest BCUT2D eigenvalue weighted by atomic mass is 9.91. The van der Waals surface area contributed by atoms with Crippen LogP contribution in [0.3, 0.4) is 0 Å². The van der Waals surface area contributed by atoms with E-state index >= 15 is 0 Å². The number of amides is 4. The summed E-state index contributed by atoms with van der Waals surface area (Å²) in [7, 11) is 1.33. The third-order valence-corrected chi connectivity index (χ3v) is 5.61. The number of carboxylic acids is 1. The maximum atomic E-state index is 13.1. The lowest BCUT2D eigenvalue weighted by Crippen LogP contribution is -2.44. The number of hydrazone groups is 1. The van der Waals surface area contributed by atoms with Crippen LogP contribution in [-0.2, 0) is 19.9 Å². The van der Waals surface area contributed by atoms with Gasteiger partial charge in [0.25, 0.3) is 5.91 Å². The van der Waals surface area contributed by atoms with E-state index in [-0.39, 0.29) is 11.5 Å². The number of phenolic OH excluding ortho intramolecular Hbond substituents is 1. The van der Waals surface area contributed by atoms with E-state index < -0.39 is 48.4 Å². The molecule has 1 heterocycles. The Labute approximate surface area is 200 Å². The Hall–Kier alpha value is -4.61. The molecule has 2 atom stereocenters. The smallest absolute Gasteiger partial charge is 0.325 e. The molecule has 1 fully saturated rings. The van der Waals surface area contributed by atoms with Gasteiger partial charge in [0.2, 0.25) is 5.91 Å². The molecule has 0 spiro atoms. The van der Waals surface area contributed by atoms with Crippen molar-refractivity contribution >= 4 is 30.0 Å². The predicted molar refractivity (Wildman–Crippen MR) is 124 cm³/mol. The molecule has 0 aliphatic carbocycles. The first kappa shape index (κ1) is 25.0. The van der Waals surface area contributed by atoms with Crippen molar-refractivity contribution in [2.75, 3.05) is 13.7 Å². The second-order valence-corrected chi connectivity index (χ2v) is 8.00. The largest absolute Gasteiger partial charge is 0.504 e. The highest BCUT2D eigenvalue weighted by Crippen LogP contribution is 2.31. The Morgan fingerprint density at radius 2 is 1.94 bits per heavy atom. The second kappa shape index (κ2) is 10.1. The van der Waals surface area contributed by atoms with Crippen molar-refractivity contribution in [1.29, 1.82) is 0 Å². The number of imide groups is 1. The number of carbonyl (C=O) groups excluding carboxylic acids is 3. The van der Waals surface area contributed by atoms with Gasteiger partial charge in [-0.2, -0.15) is 5.10 Å². The maximum Gasteiger partial charge on any atom is 0.325 e. The number of nitrogens with two attached hydrogens (primary N) is 1. The lowest BCUT2D eigenvalue weighted by molar-refractivity contribution is -0.138. The molecule has 1 aliphatic rings. The van der Waals surface area contributed by atoms with Crippen LogP contribution in [0, 0.1) is 0 Å². The van der Waals surface area contributed by atoms with E-state index in [1.165, 1.54) is 38.4 Å². The number of rotatable bonds is 9. The summed E-state index contributed by atoms with van der Waals surface area (Å²) < 4.78 is 5.04. The van der Waals surface area contributed by atoms with E-state index in [2.05, 4.69) is 15.7 Å². The molecule has 184 valence electrons. The molecule has 2 aromatic rings. The van der Waals surface area contributed by atoms with Crippen molar-refractivity contribution in [3.05, 3.63) is 59.2 Å². The zero-order chi connectivity index (χ0) is 25.8. The van der Waals surface area contributed by atoms with Crippen LogP contribution >= 0.6 is 0 Å². The molecule has 1 saturated heterocycles. The number of ether oxygens (including phenoxy) is 1. The van der Waals surface area contributed by atoms with Gasteiger partial charge in [0.15, 0.2) is 11.5 Å². The van der Waals surface area contributed by atoms with Crippen molar-refractivity contribution in [3.63, 3.8) is 0 Å². The molecule has 6 N–H and O–H groups in total. The normalized spacial score (nSPS) is 18.4. The van der Waals surface area contributed by atoms with E-state index in [9.17, 15) is 29.4 Å². The number of hydrogen-bond donors (Lipinski definition) is 5. The summed E-state index contributed by atoms with van der Waals surface area (Å²) in [6.45, 7) is 0.899. The fourth-order valence-corrected chi connectivity index (χ4v) is 3.75. The van der Waals surface area contributed by atoms with E-state index in [1.54, 1.807) is 24.3 Å². The van der Waals surface area contributed by atoms with Gasteiger partial charge in [-0.25, -0.2) is 4.79 Å². The zero-order valence-electron chi connectivity index (χ0n) is 19.0. The lowest BCUT2D eigenvalue weighted by Gasteiger charge is -2.23. The van der Waals surface area contributed by atoms with Crippen molar-refractivity contribution in [2.24, 2.45) is 10.9 Å². The molecule has 35 heavy (non-hydrogen) atoms. The first-order chi connectivity index (χ1) is 16.6. The Balaban J connectivity index is 1.77. The number of urea groups is 1. The van der Waals surface area contributed by atoms with Gasteiger partial charge in [-0.1, -0.05) is 30.3 Å². The van der Waals surface area contributed by atoms with Crippen LogP contribution in [0.2, 0.25) is 0 Å². The summed E-state index contributed by atoms with van der Waals surface area (Å²) in [5, 5.41) is 27.6. The van der Waals surface area contributed by atoms with Crippen LogP contribution in [0.15, 0.2) is 47.6 Å². The number of carbonyl (C=O) groups is 4. The molecule has 1 aliphatic heterocycles. The van der Waals surface area contributed by atoms with Crippen LogP contribution in [0.25, 0.3) is 0 Å². The Morgan fingerprint density at radius 1 is 1.26 bits per heavy atom. The minimum atomic E-state index is -1.40. The molecule has 0 radical (unpaired) electrons. The number of carboxylic acid groups (broad SMARTS) is 1. The van der Waals surface area contributed by atoms with Gasteiger partial charge in [-0.3, -0.25) is 19.3 Å². The third-order valence-electron chi connectivity index (χ3n) is 5.61. The first-order valence-electron chi connectivity index (χ1n) is 10.4. The fourth-order valence-electron chi connectivity index (χ4n) is 3.75. The number of nitrogens with one attached hydrogen (secondary N) is 2. The van der Waals surface area contributed by atoms with Gasteiger partial charge in [-0.05, 0) is 35.7 Å². The predicted octanol–water partition coefficient (Wildman–Crippen LogP) is 0.793. The van der Waals surface area contributed by atoms with Crippen molar-refractivity contribution < 1.29 is 34.1 Å². The molecule has 12 heteroatoms. The van der Waals surface area contributed by atoms with Crippen LogP contribution in [0.4, 0.5) is 4.79 Å². The summed E-state index contributed by atoms with van der Waals surface area (Å²) >= 11 is 0. The molecule has 0 bridgehead atoms. The molecule has 4 amide bonds. The number of nitrogens with zero attached hydrogens (tertiary/aromatic N) is 2. The molecule has 12 nitrogen and oxygen atoms in total. The fraction of sp³-hybridized carbons (Fsp3) is 0.261. The Morgan fingerprint density at radius 3 is 2.54 bits per heavy atom. The summed E-state index contributed by atoms with van der Waals surface area (Å²) in [4.78, 5) is 50.6. The highest BCUT2D eigenvalue weighted by molar-refractivity contribution is 6.09. The standard InChI is InChI=1S/C23H25N5O7/c1-23(15-6-3-13(4-7-15)11-25-24)21(33)28(22(34)27-23)12-19(30)26-16(10-20(31)32)14-5-8-17(29)18(9-14)35-2/h3-9,11,16,29H,10,12,24H2,1-2H3,(H,26,30)(H,27,34)(H,31,32). The van der Waals surface area contributed by atoms with Gasteiger partial charge in [0.05, 0.1) is 25.8 Å². The molecular formula is C23H25N5O7. The average molecular weight is 483 g/mol. The second-order valence-electron chi connectivity index (χ2n) is 8.00. The van der Waals surface area contributed by atoms with Gasteiger partial charge < -0.3 is 31.4 Å². The third kappa shape index (κ3) is 5.32. The number of benzene rings is 2. The van der Waals surface area contributed by atoms with E-state index in [0.29, 0.717) is 16.7 Å². The van der Waals surface area contributed by atoms with Gasteiger partial charge in [0.1, 0.15) is 12.1 Å². The van der Waals surface area contributed by atoms with Crippen LogP contribution in [0.1, 0.15) is 36.1 Å². The first-order valence-corrected chi connectivity index (χ1v) is 10.4. The number of aromatic hydroxyl groups is 1. The van der Waals surface area contributed by atoms with Gasteiger partial charge in [-0.15, -0.1) is 0 Å². The van der Waals surface area contributed by atoms with Crippen molar-refractivity contribution in [3.8, 4) is 11.5 Å². The summed E-state index contributed by atoms with van der Waals surface area (Å²) in [5.41, 5.74) is 0.148. The minimum absolute atomic E-state index is 0.0979. The summed E-state index contributed by atoms with van der Waals surface area (Å²) in [6, 6.07) is 9.01. The molecule has 0 aromatic heterocycles. The van der Waals surface area contributed by atoms with Crippen LogP contribution in [-0.4, -0.2) is 58.8 Å². The molecule has 0 saturated carbocycles. The van der Waals surface area contributed by atoms with Crippen LogP contribution in [0.5, 0.6) is 11.5 Å². The Kier molecular flexibility index (Phi) is 7.23. The molecule has 2 unspecified atom stereocenters. The maximum absolute atomic E-state index is 13.1.